The summed E-state index contributed by atoms with van der Waals surface area (Å²) in [5.74, 6) is 6.90. The first-order chi connectivity index (χ1) is 6.30. The zero-order valence-corrected chi connectivity index (χ0v) is 8.78. The number of alkyl halides is 1. The van der Waals surface area contributed by atoms with Crippen molar-refractivity contribution >= 4 is 21.7 Å². The number of carbonyl (C=O) groups is 1. The van der Waals surface area contributed by atoms with Crippen molar-refractivity contribution in [1.29, 1.82) is 0 Å². The van der Waals surface area contributed by atoms with Crippen LogP contribution in [0.25, 0.3) is 0 Å². The van der Waals surface area contributed by atoms with Crippen LogP contribution in [-0.4, -0.2) is 10.6 Å². The van der Waals surface area contributed by atoms with Crippen molar-refractivity contribution < 1.29 is 4.79 Å². The molecule has 5 aliphatic rings. The minimum atomic E-state index is 0.513. The van der Waals surface area contributed by atoms with E-state index >= 15 is 0 Å². The first kappa shape index (κ1) is 6.60. The molecule has 13 heavy (non-hydrogen) atoms. The number of Topliss-reactive ketones (excluding diaryl/α,β-unsaturated/α-hetero) is 1. The van der Waals surface area contributed by atoms with Crippen molar-refractivity contribution in [3.05, 3.63) is 0 Å². The van der Waals surface area contributed by atoms with Gasteiger partial charge in [0.25, 0.3) is 0 Å². The van der Waals surface area contributed by atoms with Gasteiger partial charge in [0, 0.05) is 16.7 Å². The number of hydrogen-bond acceptors (Lipinski definition) is 1. The zero-order chi connectivity index (χ0) is 8.48. The zero-order valence-electron chi connectivity index (χ0n) is 7.19. The second-order valence-corrected chi connectivity index (χ2v) is 6.83. The topological polar surface area (TPSA) is 17.1 Å². The molecule has 5 rings (SSSR count). The van der Waals surface area contributed by atoms with E-state index in [0.717, 1.165) is 40.3 Å². The third-order valence-electron chi connectivity index (χ3n) is 6.01. The Balaban J connectivity index is 1.87. The van der Waals surface area contributed by atoms with Crippen molar-refractivity contribution in [2.24, 2.45) is 47.3 Å². The Morgan fingerprint density at radius 1 is 1.00 bits per heavy atom. The fourth-order valence-electron chi connectivity index (χ4n) is 6.05. The molecule has 5 saturated carbocycles. The Kier molecular flexibility index (Phi) is 0.790. The molecule has 0 amide bonds. The summed E-state index contributed by atoms with van der Waals surface area (Å²) in [6, 6.07) is 0. The van der Waals surface area contributed by atoms with E-state index in [-0.39, 0.29) is 0 Å². The average molecular weight is 239 g/mol. The van der Waals surface area contributed by atoms with E-state index in [1.165, 1.54) is 6.42 Å². The van der Waals surface area contributed by atoms with Crippen LogP contribution >= 0.6 is 15.9 Å². The van der Waals surface area contributed by atoms with Gasteiger partial charge in [0.15, 0.2) is 0 Å². The van der Waals surface area contributed by atoms with Crippen LogP contribution in [0.3, 0.4) is 0 Å². The van der Waals surface area contributed by atoms with Gasteiger partial charge in [-0.3, -0.25) is 4.79 Å². The highest BCUT2D eigenvalue weighted by Crippen LogP contribution is 2.82. The summed E-state index contributed by atoms with van der Waals surface area (Å²) in [5.41, 5.74) is 0. The molecule has 0 N–H and O–H groups in total. The van der Waals surface area contributed by atoms with Crippen LogP contribution in [0.2, 0.25) is 0 Å². The Bertz CT molecular complexity index is 352. The molecule has 68 valence electrons. The third kappa shape index (κ3) is 0.397. The summed E-state index contributed by atoms with van der Waals surface area (Å²) in [6.45, 7) is 0. The van der Waals surface area contributed by atoms with E-state index < -0.39 is 0 Å². The van der Waals surface area contributed by atoms with E-state index in [9.17, 15) is 4.79 Å². The number of carbonyl (C=O) groups excluding carboxylic acids is 1. The lowest BCUT2D eigenvalue weighted by Gasteiger charge is -2.45. The predicted molar refractivity (Wildman–Crippen MR) is 50.3 cm³/mol. The Morgan fingerprint density at radius 2 is 1.85 bits per heavy atom. The molecule has 2 heteroatoms. The van der Waals surface area contributed by atoms with Gasteiger partial charge >= 0.3 is 0 Å². The molecule has 0 aromatic rings. The van der Waals surface area contributed by atoms with Gasteiger partial charge in [-0.15, -0.1) is 0 Å². The van der Waals surface area contributed by atoms with Gasteiger partial charge in [-0.05, 0) is 41.9 Å². The van der Waals surface area contributed by atoms with Crippen LogP contribution in [0.5, 0.6) is 0 Å². The molecule has 9 atom stereocenters. The lowest BCUT2D eigenvalue weighted by atomic mass is 9.59. The molecule has 0 saturated heterocycles. The normalized spacial score (nSPS) is 79.8. The molecule has 1 nitrogen and oxygen atoms in total. The maximum absolute atomic E-state index is 12.0. The molecule has 0 radical (unpaired) electrons. The second kappa shape index (κ2) is 1.56. The summed E-state index contributed by atoms with van der Waals surface area (Å²) in [7, 11) is 0. The number of rotatable bonds is 0. The first-order valence-corrected chi connectivity index (χ1v) is 6.40. The highest BCUT2D eigenvalue weighted by atomic mass is 79.9. The van der Waals surface area contributed by atoms with E-state index in [1.807, 2.05) is 0 Å². The first-order valence-electron chi connectivity index (χ1n) is 5.48. The standard InChI is InChI=1S/C11H11BrO/c12-10-6-2-1-3-5-4(2)8(10)9(5)11(13)7(3)6/h2-10H,1H2. The van der Waals surface area contributed by atoms with Gasteiger partial charge in [-0.2, -0.15) is 0 Å². The molecule has 9 unspecified atom stereocenters. The van der Waals surface area contributed by atoms with Crippen LogP contribution in [0.1, 0.15) is 6.42 Å². The number of hydrogen-bond donors (Lipinski definition) is 0. The van der Waals surface area contributed by atoms with Crippen molar-refractivity contribution in [3.8, 4) is 0 Å². The summed E-state index contributed by atoms with van der Waals surface area (Å²) < 4.78 is 0. The van der Waals surface area contributed by atoms with Crippen molar-refractivity contribution in [2.75, 3.05) is 0 Å². The van der Waals surface area contributed by atoms with Gasteiger partial charge in [0.2, 0.25) is 0 Å². The second-order valence-electron chi connectivity index (χ2n) is 5.77. The lowest BCUT2D eigenvalue weighted by molar-refractivity contribution is -0.132. The maximum atomic E-state index is 12.0. The van der Waals surface area contributed by atoms with Gasteiger partial charge in [-0.1, -0.05) is 15.9 Å². The smallest absolute Gasteiger partial charge is 0.140 e. The molecular formula is C11H11BrO. The summed E-state index contributed by atoms with van der Waals surface area (Å²) in [4.78, 5) is 12.7. The minimum Gasteiger partial charge on any atom is -0.299 e. The third-order valence-corrected chi connectivity index (χ3v) is 7.24. The SMILES string of the molecule is O=C1C2C3CC4C2C(Br)C2C1C3C42. The molecule has 0 spiro atoms. The monoisotopic (exact) mass is 238 g/mol. The van der Waals surface area contributed by atoms with Crippen LogP contribution in [0.4, 0.5) is 0 Å². The molecule has 0 aliphatic heterocycles. The van der Waals surface area contributed by atoms with Gasteiger partial charge in [0.05, 0.1) is 0 Å². The predicted octanol–water partition coefficient (Wildman–Crippen LogP) is 1.71. The summed E-state index contributed by atoms with van der Waals surface area (Å²) in [5, 5.41) is 0. The largest absolute Gasteiger partial charge is 0.299 e. The Hall–Kier alpha value is 0.150. The van der Waals surface area contributed by atoms with Gasteiger partial charge in [-0.25, -0.2) is 0 Å². The van der Waals surface area contributed by atoms with Gasteiger partial charge < -0.3 is 0 Å². The number of ketones is 1. The maximum Gasteiger partial charge on any atom is 0.140 e. The van der Waals surface area contributed by atoms with E-state index in [4.69, 9.17) is 0 Å². The minimum absolute atomic E-state index is 0.513. The Labute approximate surface area is 85.4 Å². The van der Waals surface area contributed by atoms with Crippen molar-refractivity contribution in [2.45, 2.75) is 11.2 Å². The van der Waals surface area contributed by atoms with Crippen molar-refractivity contribution in [3.63, 3.8) is 0 Å². The molecule has 0 aromatic heterocycles. The van der Waals surface area contributed by atoms with Crippen molar-refractivity contribution in [1.82, 2.24) is 0 Å². The molecule has 5 fully saturated rings. The van der Waals surface area contributed by atoms with Crippen LogP contribution < -0.4 is 0 Å². The van der Waals surface area contributed by atoms with Crippen LogP contribution in [0.15, 0.2) is 0 Å². The summed E-state index contributed by atoms with van der Waals surface area (Å²) in [6.07, 6.45) is 1.41. The lowest BCUT2D eigenvalue weighted by Crippen LogP contribution is -2.48. The molecule has 2 bridgehead atoms. The van der Waals surface area contributed by atoms with Crippen LogP contribution in [-0.2, 0) is 4.79 Å². The molecule has 0 heterocycles. The van der Waals surface area contributed by atoms with Gasteiger partial charge in [0.1, 0.15) is 5.78 Å². The van der Waals surface area contributed by atoms with E-state index in [0.29, 0.717) is 17.6 Å². The van der Waals surface area contributed by atoms with E-state index in [1.54, 1.807) is 0 Å². The summed E-state index contributed by atoms with van der Waals surface area (Å²) >= 11 is 3.86. The molecular weight excluding hydrogens is 228 g/mol. The Morgan fingerprint density at radius 3 is 2.69 bits per heavy atom. The fourth-order valence-corrected chi connectivity index (χ4v) is 7.45. The quantitative estimate of drug-likeness (QED) is 0.588. The van der Waals surface area contributed by atoms with Crippen LogP contribution in [0, 0.1) is 47.3 Å². The molecule has 5 aliphatic carbocycles. The number of fused-ring (bicyclic) bond motifs is 2. The number of halogens is 1. The van der Waals surface area contributed by atoms with E-state index in [2.05, 4.69) is 15.9 Å². The highest BCUT2D eigenvalue weighted by Gasteiger charge is 2.83. The highest BCUT2D eigenvalue weighted by molar-refractivity contribution is 9.09. The fraction of sp³-hybridized carbons (Fsp3) is 0.909. The average Bonchev–Trinajstić information content (AvgIpc) is 2.52. The molecule has 0 aromatic carbocycles.